The molecule has 0 amide bonds. The average molecular weight is 179 g/mol. The molecule has 2 unspecified atom stereocenters. The molecule has 0 aliphatic carbocycles. The van der Waals surface area contributed by atoms with Gasteiger partial charge in [0.15, 0.2) is 0 Å². The summed E-state index contributed by atoms with van der Waals surface area (Å²) >= 11 is 0. The zero-order valence-corrected chi connectivity index (χ0v) is 6.64. The average Bonchev–Trinajstić information content (AvgIpc) is 2.26. The van der Waals surface area contributed by atoms with Crippen LogP contribution in [-0.4, -0.2) is 37.1 Å². The molecule has 0 aromatic carbocycles. The smallest absolute Gasteiger partial charge is 0.0389 e. The maximum Gasteiger partial charge on any atom is 0.0389 e. The van der Waals surface area contributed by atoms with Crippen molar-refractivity contribution in [2.45, 2.75) is 12.1 Å². The number of nitrogens with zero attached hydrogens (tertiary/aromatic N) is 1. The molecule has 2 heterocycles. The topological polar surface area (TPSA) is 15.0 Å². The fraction of sp³-hybridized carbons (Fsp3) is 1.00. The summed E-state index contributed by atoms with van der Waals surface area (Å²) in [4.78, 5) is 2.41. The van der Waals surface area contributed by atoms with Gasteiger partial charge >= 0.3 is 0 Å². The summed E-state index contributed by atoms with van der Waals surface area (Å²) in [6, 6.07) is 1.81. The number of likely N-dealkylation sites (N-methyl/N-ethyl adjacent to an activating group) is 1. The lowest BCUT2D eigenvalue weighted by atomic mass is 10.4. The fourth-order valence-corrected chi connectivity index (χ4v) is 1.41. The van der Waals surface area contributed by atoms with Gasteiger partial charge in [0.05, 0.1) is 0 Å². The first-order valence-corrected chi connectivity index (χ1v) is 2.82. The van der Waals surface area contributed by atoms with E-state index in [-0.39, 0.29) is 17.0 Å². The number of fused-ring (bicyclic) bond motifs is 1. The van der Waals surface area contributed by atoms with E-state index in [9.17, 15) is 0 Å². The molecule has 2 saturated heterocycles. The Balaban J connectivity index is 0.000000320. The van der Waals surface area contributed by atoms with E-state index in [4.69, 9.17) is 0 Å². The maximum atomic E-state index is 3.31. The van der Waals surface area contributed by atoms with Gasteiger partial charge in [0.25, 0.3) is 0 Å². The number of rotatable bonds is 0. The molecule has 2 atom stereocenters. The Morgan fingerprint density at radius 2 is 1.88 bits per heavy atom. The minimum absolute atomic E-state index is 0. The first kappa shape index (κ1) is 6.52. The van der Waals surface area contributed by atoms with Gasteiger partial charge in [0, 0.05) is 25.2 Å². The van der Waals surface area contributed by atoms with E-state index in [1.54, 1.807) is 0 Å². The lowest BCUT2D eigenvalue weighted by Gasteiger charge is -1.97. The van der Waals surface area contributed by atoms with Crippen molar-refractivity contribution in [3.05, 3.63) is 0 Å². The van der Waals surface area contributed by atoms with Crippen molar-refractivity contribution in [1.29, 1.82) is 0 Å². The second-order valence-electron chi connectivity index (χ2n) is 2.46. The van der Waals surface area contributed by atoms with E-state index in [2.05, 4.69) is 17.3 Å². The second kappa shape index (κ2) is 1.97. The van der Waals surface area contributed by atoms with Crippen LogP contribution in [0.15, 0.2) is 0 Å². The van der Waals surface area contributed by atoms with Crippen LogP contribution < -0.4 is 5.32 Å². The highest BCUT2D eigenvalue weighted by Crippen LogP contribution is 2.27. The van der Waals surface area contributed by atoms with Gasteiger partial charge in [0.1, 0.15) is 0 Å². The van der Waals surface area contributed by atoms with Gasteiger partial charge in [-0.2, -0.15) is 0 Å². The van der Waals surface area contributed by atoms with Crippen LogP contribution in [0.2, 0.25) is 0 Å². The summed E-state index contributed by atoms with van der Waals surface area (Å²) < 4.78 is 0. The van der Waals surface area contributed by atoms with E-state index in [0.29, 0.717) is 0 Å². The summed E-state index contributed by atoms with van der Waals surface area (Å²) in [5.74, 6) is 0. The third kappa shape index (κ3) is 0.694. The molecule has 1 N–H and O–H groups in total. The largest absolute Gasteiger partial charge is 0.313 e. The molecule has 0 radical (unpaired) electrons. The summed E-state index contributed by atoms with van der Waals surface area (Å²) in [6.07, 6.45) is 0. The molecule has 48 valence electrons. The van der Waals surface area contributed by atoms with Gasteiger partial charge in [0.2, 0.25) is 0 Å². The molecule has 8 heavy (non-hydrogen) atoms. The third-order valence-electron chi connectivity index (χ3n) is 2.11. The van der Waals surface area contributed by atoms with Gasteiger partial charge in [-0.25, -0.2) is 0 Å². The number of hydrogen-bond acceptors (Lipinski definition) is 2. The van der Waals surface area contributed by atoms with Crippen LogP contribution in [0.5, 0.6) is 0 Å². The minimum Gasteiger partial charge on any atom is -0.313 e. The zero-order chi connectivity index (χ0) is 4.85. The first-order valence-electron chi connectivity index (χ1n) is 2.82. The highest BCUT2D eigenvalue weighted by atomic mass is 79.9. The number of halogens is 1. The number of piperazine rings is 1. The second-order valence-corrected chi connectivity index (χ2v) is 2.46. The van der Waals surface area contributed by atoms with Gasteiger partial charge in [-0.05, 0) is 7.05 Å². The molecular formula is C5H11BrN2. The van der Waals surface area contributed by atoms with Gasteiger partial charge < -0.3 is 5.32 Å². The highest BCUT2D eigenvalue weighted by molar-refractivity contribution is 8.93. The predicted octanol–water partition coefficient (Wildman–Crippen LogP) is -0.150. The van der Waals surface area contributed by atoms with E-state index in [0.717, 1.165) is 12.1 Å². The number of hydrogen-bond donors (Lipinski definition) is 1. The molecule has 2 nitrogen and oxygen atoms in total. The Labute approximate surface area is 60.0 Å². The van der Waals surface area contributed by atoms with Crippen molar-refractivity contribution in [3.63, 3.8) is 0 Å². The van der Waals surface area contributed by atoms with Crippen molar-refractivity contribution in [2.75, 3.05) is 20.1 Å². The van der Waals surface area contributed by atoms with Gasteiger partial charge in [-0.1, -0.05) is 0 Å². The molecule has 2 rings (SSSR count). The van der Waals surface area contributed by atoms with Crippen LogP contribution in [-0.2, 0) is 0 Å². The van der Waals surface area contributed by atoms with E-state index in [1.807, 2.05) is 0 Å². The highest BCUT2D eigenvalue weighted by Gasteiger charge is 2.47. The summed E-state index contributed by atoms with van der Waals surface area (Å²) in [5, 5.41) is 3.31. The van der Waals surface area contributed by atoms with Gasteiger partial charge in [-0.3, -0.25) is 4.90 Å². The lowest BCUT2D eigenvalue weighted by molar-refractivity contribution is 0.510. The summed E-state index contributed by atoms with van der Waals surface area (Å²) in [7, 11) is 2.19. The standard InChI is InChI=1S/C5H10N2.BrH/c1-7-4-2-6-3-5(4)7;/h4-6H,2-3H2,1H3;1H. The van der Waals surface area contributed by atoms with Crippen molar-refractivity contribution in [2.24, 2.45) is 0 Å². The van der Waals surface area contributed by atoms with E-state index in [1.165, 1.54) is 13.1 Å². The summed E-state index contributed by atoms with van der Waals surface area (Å²) in [6.45, 7) is 2.45. The quantitative estimate of drug-likeness (QED) is 0.520. The monoisotopic (exact) mass is 178 g/mol. The van der Waals surface area contributed by atoms with E-state index < -0.39 is 0 Å². The van der Waals surface area contributed by atoms with Gasteiger partial charge in [-0.15, -0.1) is 17.0 Å². The molecule has 2 aliphatic heterocycles. The molecule has 0 aromatic heterocycles. The van der Waals surface area contributed by atoms with Crippen molar-refractivity contribution >= 4 is 17.0 Å². The first-order chi connectivity index (χ1) is 3.39. The number of nitrogens with one attached hydrogen (secondary N) is 1. The normalized spacial score (nSPS) is 49.9. The summed E-state index contributed by atoms with van der Waals surface area (Å²) in [5.41, 5.74) is 0. The van der Waals surface area contributed by atoms with Crippen LogP contribution in [0.3, 0.4) is 0 Å². The lowest BCUT2D eigenvalue weighted by Crippen LogP contribution is -2.20. The Hall–Kier alpha value is 0.400. The van der Waals surface area contributed by atoms with E-state index >= 15 is 0 Å². The third-order valence-corrected chi connectivity index (χ3v) is 2.11. The van der Waals surface area contributed by atoms with Crippen LogP contribution in [0.4, 0.5) is 0 Å². The van der Waals surface area contributed by atoms with Crippen LogP contribution >= 0.6 is 17.0 Å². The molecule has 0 bridgehead atoms. The molecule has 0 spiro atoms. The molecule has 0 saturated carbocycles. The van der Waals surface area contributed by atoms with Crippen molar-refractivity contribution < 1.29 is 0 Å². The fourth-order valence-electron chi connectivity index (χ4n) is 1.41. The minimum atomic E-state index is 0. The SMILES string of the molecule is Br.CN1C2CNCC21. The van der Waals surface area contributed by atoms with Crippen LogP contribution in [0.1, 0.15) is 0 Å². The molecule has 0 aromatic rings. The van der Waals surface area contributed by atoms with Crippen LogP contribution in [0, 0.1) is 0 Å². The Bertz CT molecular complexity index is 86.4. The van der Waals surface area contributed by atoms with Crippen molar-refractivity contribution in [3.8, 4) is 0 Å². The van der Waals surface area contributed by atoms with Crippen LogP contribution in [0.25, 0.3) is 0 Å². The molecular weight excluding hydrogens is 168 g/mol. The Morgan fingerprint density at radius 3 is 2.12 bits per heavy atom. The molecule has 2 fully saturated rings. The Kier molecular flexibility index (Phi) is 1.61. The van der Waals surface area contributed by atoms with Crippen molar-refractivity contribution in [1.82, 2.24) is 10.2 Å². The molecule has 3 heteroatoms. The maximum absolute atomic E-state index is 3.31. The Morgan fingerprint density at radius 1 is 1.38 bits per heavy atom. The zero-order valence-electron chi connectivity index (χ0n) is 4.92. The predicted molar refractivity (Wildman–Crippen MR) is 38.5 cm³/mol. The molecule has 2 aliphatic rings.